The van der Waals surface area contributed by atoms with Gasteiger partial charge in [-0.05, 0) is 37.0 Å². The van der Waals surface area contributed by atoms with Gasteiger partial charge in [-0.1, -0.05) is 12.1 Å². The number of nitrogens with zero attached hydrogens (tertiary/aromatic N) is 2. The molecule has 1 heterocycles. The van der Waals surface area contributed by atoms with Crippen molar-refractivity contribution in [3.63, 3.8) is 0 Å². The maximum Gasteiger partial charge on any atom is 0.416 e. The third kappa shape index (κ3) is 4.12. The van der Waals surface area contributed by atoms with Gasteiger partial charge in [0.05, 0.1) is 11.9 Å². The molecule has 0 amide bonds. The summed E-state index contributed by atoms with van der Waals surface area (Å²) in [5.41, 5.74) is 0.355. The molecule has 0 radical (unpaired) electrons. The van der Waals surface area contributed by atoms with Gasteiger partial charge in [-0.25, -0.2) is 4.98 Å². The van der Waals surface area contributed by atoms with Gasteiger partial charge in [-0.15, -0.1) is 0 Å². The van der Waals surface area contributed by atoms with E-state index in [1.54, 1.807) is 24.7 Å². The van der Waals surface area contributed by atoms with Crippen molar-refractivity contribution in [2.24, 2.45) is 0 Å². The van der Waals surface area contributed by atoms with Crippen LogP contribution in [0.5, 0.6) is 0 Å². The smallest absolute Gasteiger partial charge is 0.337 e. The first-order chi connectivity index (χ1) is 9.05. The maximum absolute atomic E-state index is 12.4. The Bertz CT molecular complexity index is 486. The van der Waals surface area contributed by atoms with Gasteiger partial charge in [-0.3, -0.25) is 0 Å². The first-order valence-electron chi connectivity index (χ1n) is 6.17. The predicted molar refractivity (Wildman–Crippen MR) is 66.6 cm³/mol. The molecule has 0 bridgehead atoms. The summed E-state index contributed by atoms with van der Waals surface area (Å²) in [5.74, 6) is 0. The molecule has 2 nitrogen and oxygen atoms in total. The molecular weight excluding hydrogens is 253 g/mol. The van der Waals surface area contributed by atoms with Crippen molar-refractivity contribution in [1.29, 1.82) is 0 Å². The van der Waals surface area contributed by atoms with Gasteiger partial charge >= 0.3 is 6.18 Å². The van der Waals surface area contributed by atoms with Crippen molar-refractivity contribution < 1.29 is 13.2 Å². The molecule has 1 aromatic carbocycles. The Labute approximate surface area is 109 Å². The Morgan fingerprint density at radius 2 is 1.79 bits per heavy atom. The van der Waals surface area contributed by atoms with Gasteiger partial charge in [-0.2, -0.15) is 13.2 Å². The Hall–Kier alpha value is -1.78. The Morgan fingerprint density at radius 3 is 2.37 bits per heavy atom. The van der Waals surface area contributed by atoms with E-state index in [9.17, 15) is 13.2 Å². The molecule has 5 heteroatoms. The Kier molecular flexibility index (Phi) is 4.24. The van der Waals surface area contributed by atoms with E-state index in [1.807, 2.05) is 10.8 Å². The van der Waals surface area contributed by atoms with E-state index in [-0.39, 0.29) is 0 Å². The summed E-state index contributed by atoms with van der Waals surface area (Å²) in [4.78, 5) is 3.95. The fraction of sp³-hybridized carbons (Fsp3) is 0.357. The second kappa shape index (κ2) is 5.91. The van der Waals surface area contributed by atoms with Crippen molar-refractivity contribution in [3.8, 4) is 0 Å². The lowest BCUT2D eigenvalue weighted by Crippen LogP contribution is -2.04. The van der Waals surface area contributed by atoms with Gasteiger partial charge in [0, 0.05) is 18.9 Å². The number of hydrogen-bond donors (Lipinski definition) is 0. The molecule has 0 unspecified atom stereocenters. The summed E-state index contributed by atoms with van der Waals surface area (Å²) < 4.78 is 39.1. The Balaban J connectivity index is 1.77. The number of unbranched alkanes of at least 4 members (excludes halogenated alkanes) is 1. The summed E-state index contributed by atoms with van der Waals surface area (Å²) >= 11 is 0. The van der Waals surface area contributed by atoms with Gasteiger partial charge < -0.3 is 4.57 Å². The lowest BCUT2D eigenvalue weighted by molar-refractivity contribution is -0.137. The van der Waals surface area contributed by atoms with Crippen molar-refractivity contribution in [2.45, 2.75) is 32.0 Å². The molecule has 0 aliphatic carbocycles. The maximum atomic E-state index is 12.4. The van der Waals surface area contributed by atoms with Crippen molar-refractivity contribution >= 4 is 0 Å². The summed E-state index contributed by atoms with van der Waals surface area (Å²) in [6.07, 6.45) is 3.87. The molecule has 2 rings (SSSR count). The minimum absolute atomic E-state index is 0.588. The second-order valence-electron chi connectivity index (χ2n) is 4.45. The zero-order valence-electron chi connectivity index (χ0n) is 10.4. The highest BCUT2D eigenvalue weighted by Gasteiger charge is 2.29. The zero-order valence-corrected chi connectivity index (χ0v) is 10.4. The van der Waals surface area contributed by atoms with E-state index in [2.05, 4.69) is 4.98 Å². The summed E-state index contributed by atoms with van der Waals surface area (Å²) in [6.45, 7) is 0.890. The number of imidazole rings is 1. The average Bonchev–Trinajstić information content (AvgIpc) is 2.87. The third-order valence-corrected chi connectivity index (χ3v) is 2.97. The number of rotatable bonds is 5. The molecule has 102 valence electrons. The van der Waals surface area contributed by atoms with Crippen LogP contribution in [0.15, 0.2) is 43.0 Å². The van der Waals surface area contributed by atoms with Crippen LogP contribution in [0.25, 0.3) is 0 Å². The lowest BCUT2D eigenvalue weighted by atomic mass is 10.1. The minimum atomic E-state index is -4.25. The van der Waals surface area contributed by atoms with Crippen LogP contribution in [0, 0.1) is 0 Å². The van der Waals surface area contributed by atoms with E-state index >= 15 is 0 Å². The molecule has 0 aliphatic rings. The fourth-order valence-corrected chi connectivity index (χ4v) is 1.90. The van der Waals surface area contributed by atoms with Crippen LogP contribution >= 0.6 is 0 Å². The topological polar surface area (TPSA) is 17.8 Å². The van der Waals surface area contributed by atoms with Crippen LogP contribution in [-0.4, -0.2) is 9.55 Å². The molecule has 19 heavy (non-hydrogen) atoms. The molecule has 0 spiro atoms. The van der Waals surface area contributed by atoms with Crippen LogP contribution in [-0.2, 0) is 19.1 Å². The van der Waals surface area contributed by atoms with Crippen LogP contribution < -0.4 is 0 Å². The minimum Gasteiger partial charge on any atom is -0.337 e. The van der Waals surface area contributed by atoms with E-state index in [1.165, 1.54) is 0 Å². The summed E-state index contributed by atoms with van der Waals surface area (Å²) in [7, 11) is 0. The van der Waals surface area contributed by atoms with Crippen LogP contribution in [0.1, 0.15) is 24.0 Å². The van der Waals surface area contributed by atoms with Gasteiger partial charge in [0.25, 0.3) is 0 Å². The van der Waals surface area contributed by atoms with Crippen molar-refractivity contribution in [1.82, 2.24) is 9.55 Å². The fourth-order valence-electron chi connectivity index (χ4n) is 1.90. The third-order valence-electron chi connectivity index (χ3n) is 2.97. The number of aromatic nitrogens is 2. The van der Waals surface area contributed by atoms with E-state index in [0.717, 1.165) is 43.5 Å². The average molecular weight is 268 g/mol. The van der Waals surface area contributed by atoms with Crippen LogP contribution in [0.2, 0.25) is 0 Å². The highest BCUT2D eigenvalue weighted by molar-refractivity contribution is 5.24. The SMILES string of the molecule is FC(F)(F)c1ccc(CCCCn2ccnc2)cc1. The van der Waals surface area contributed by atoms with Crippen LogP contribution in [0.3, 0.4) is 0 Å². The summed E-state index contributed by atoms with van der Waals surface area (Å²) in [5, 5.41) is 0. The number of benzene rings is 1. The Morgan fingerprint density at radius 1 is 1.05 bits per heavy atom. The molecule has 2 aromatic rings. The highest BCUT2D eigenvalue weighted by atomic mass is 19.4. The molecule has 1 aromatic heterocycles. The molecular formula is C14H15F3N2. The summed E-state index contributed by atoms with van der Waals surface area (Å²) in [6, 6.07) is 5.40. The highest BCUT2D eigenvalue weighted by Crippen LogP contribution is 2.29. The number of aryl methyl sites for hydroxylation is 2. The molecule has 0 N–H and O–H groups in total. The van der Waals surface area contributed by atoms with E-state index in [0.29, 0.717) is 0 Å². The molecule has 0 atom stereocenters. The lowest BCUT2D eigenvalue weighted by Gasteiger charge is -2.07. The quantitative estimate of drug-likeness (QED) is 0.751. The standard InChI is InChI=1S/C14H15F3N2/c15-14(16,17)13-6-4-12(5-7-13)3-1-2-9-19-10-8-18-11-19/h4-8,10-11H,1-3,9H2. The number of halogens is 3. The van der Waals surface area contributed by atoms with Crippen molar-refractivity contribution in [2.75, 3.05) is 0 Å². The molecule has 0 aliphatic heterocycles. The normalized spacial score (nSPS) is 11.7. The number of alkyl halides is 3. The van der Waals surface area contributed by atoms with Crippen molar-refractivity contribution in [3.05, 3.63) is 54.1 Å². The van der Waals surface area contributed by atoms with Crippen LogP contribution in [0.4, 0.5) is 13.2 Å². The largest absolute Gasteiger partial charge is 0.416 e. The predicted octanol–water partition coefficient (Wildman–Crippen LogP) is 3.92. The molecule has 0 saturated heterocycles. The van der Waals surface area contributed by atoms with Gasteiger partial charge in [0.1, 0.15) is 0 Å². The first kappa shape index (κ1) is 13.6. The van der Waals surface area contributed by atoms with E-state index < -0.39 is 11.7 Å². The zero-order chi connectivity index (χ0) is 13.7. The number of hydrogen-bond acceptors (Lipinski definition) is 1. The monoisotopic (exact) mass is 268 g/mol. The van der Waals surface area contributed by atoms with Gasteiger partial charge in [0.2, 0.25) is 0 Å². The molecule has 0 fully saturated rings. The second-order valence-corrected chi connectivity index (χ2v) is 4.45. The van der Waals surface area contributed by atoms with Gasteiger partial charge in [0.15, 0.2) is 0 Å². The first-order valence-corrected chi connectivity index (χ1v) is 6.17. The molecule has 0 saturated carbocycles. The van der Waals surface area contributed by atoms with E-state index in [4.69, 9.17) is 0 Å².